The lowest BCUT2D eigenvalue weighted by atomic mass is 10.2. The lowest BCUT2D eigenvalue weighted by Gasteiger charge is -2.36. The molecular formula is C16H23Cl2N3O. The molecule has 22 heavy (non-hydrogen) atoms. The number of amides is 2. The summed E-state index contributed by atoms with van der Waals surface area (Å²) in [7, 11) is 0. The first-order valence-corrected chi connectivity index (χ1v) is 8.60. The van der Waals surface area contributed by atoms with Crippen LogP contribution in [-0.2, 0) is 0 Å². The molecule has 0 unspecified atom stereocenters. The van der Waals surface area contributed by atoms with E-state index in [9.17, 15) is 4.79 Å². The van der Waals surface area contributed by atoms with E-state index in [0.717, 1.165) is 44.6 Å². The predicted octanol–water partition coefficient (Wildman–Crippen LogP) is 4.02. The number of hydrogen-bond acceptors (Lipinski definition) is 2. The highest BCUT2D eigenvalue weighted by atomic mass is 35.5. The molecule has 0 aliphatic carbocycles. The lowest BCUT2D eigenvalue weighted by Crippen LogP contribution is -2.52. The van der Waals surface area contributed by atoms with Gasteiger partial charge in [-0.25, -0.2) is 4.79 Å². The molecule has 1 heterocycles. The van der Waals surface area contributed by atoms with Crippen LogP contribution in [0.2, 0.25) is 10.0 Å². The number of carbonyl (C=O) groups excluding carboxylic acids is 1. The Hall–Kier alpha value is -1.13. The van der Waals surface area contributed by atoms with Gasteiger partial charge in [0, 0.05) is 32.7 Å². The molecule has 1 aromatic rings. The maximum atomic E-state index is 12.1. The highest BCUT2D eigenvalue weighted by Crippen LogP contribution is 2.32. The third-order valence-corrected chi connectivity index (χ3v) is 4.70. The van der Waals surface area contributed by atoms with Gasteiger partial charge in [-0.2, -0.15) is 0 Å². The monoisotopic (exact) mass is 343 g/mol. The minimum absolute atomic E-state index is 0.0351. The molecule has 2 rings (SSSR count). The summed E-state index contributed by atoms with van der Waals surface area (Å²) in [4.78, 5) is 16.1. The molecule has 6 heteroatoms. The van der Waals surface area contributed by atoms with Gasteiger partial charge in [0.05, 0.1) is 15.7 Å². The number of unbranched alkanes of at least 4 members (excludes halogenated alkanes) is 2. The number of piperazine rings is 1. The molecule has 0 spiro atoms. The fourth-order valence-electron chi connectivity index (χ4n) is 2.57. The molecule has 2 amide bonds. The molecule has 1 aliphatic heterocycles. The molecule has 0 bridgehead atoms. The van der Waals surface area contributed by atoms with Crippen LogP contribution in [0.5, 0.6) is 0 Å². The van der Waals surface area contributed by atoms with Crippen molar-refractivity contribution in [3.8, 4) is 0 Å². The summed E-state index contributed by atoms with van der Waals surface area (Å²) in [6.45, 7) is 5.84. The summed E-state index contributed by atoms with van der Waals surface area (Å²) < 4.78 is 0. The van der Waals surface area contributed by atoms with Crippen LogP contribution in [-0.4, -0.2) is 43.7 Å². The number of hydrogen-bond donors (Lipinski definition) is 1. The van der Waals surface area contributed by atoms with Gasteiger partial charge >= 0.3 is 6.03 Å². The first-order valence-electron chi connectivity index (χ1n) is 7.85. The largest absolute Gasteiger partial charge is 0.367 e. The van der Waals surface area contributed by atoms with Gasteiger partial charge in [0.15, 0.2) is 0 Å². The average Bonchev–Trinajstić information content (AvgIpc) is 2.54. The first-order chi connectivity index (χ1) is 10.6. The van der Waals surface area contributed by atoms with Crippen molar-refractivity contribution in [2.75, 3.05) is 37.6 Å². The Morgan fingerprint density at radius 2 is 1.91 bits per heavy atom. The van der Waals surface area contributed by atoms with E-state index >= 15 is 0 Å². The van der Waals surface area contributed by atoms with Gasteiger partial charge in [-0.15, -0.1) is 0 Å². The summed E-state index contributed by atoms with van der Waals surface area (Å²) in [6.07, 6.45) is 3.36. The predicted molar refractivity (Wildman–Crippen MR) is 93.2 cm³/mol. The molecule has 1 aromatic carbocycles. The molecule has 1 N–H and O–H groups in total. The van der Waals surface area contributed by atoms with E-state index in [1.54, 1.807) is 6.07 Å². The molecule has 1 fully saturated rings. The van der Waals surface area contributed by atoms with E-state index in [2.05, 4.69) is 17.1 Å². The molecule has 4 nitrogen and oxygen atoms in total. The van der Waals surface area contributed by atoms with Crippen molar-refractivity contribution in [2.24, 2.45) is 0 Å². The van der Waals surface area contributed by atoms with Crippen LogP contribution >= 0.6 is 23.2 Å². The summed E-state index contributed by atoms with van der Waals surface area (Å²) in [5.74, 6) is 0. The smallest absolute Gasteiger partial charge is 0.317 e. The van der Waals surface area contributed by atoms with E-state index < -0.39 is 0 Å². The van der Waals surface area contributed by atoms with Crippen LogP contribution in [0.25, 0.3) is 0 Å². The Kier molecular flexibility index (Phi) is 6.65. The number of carbonyl (C=O) groups is 1. The standard InChI is InChI=1S/C16H23Cl2N3O/c1-2-3-4-8-19-16(22)21-11-9-20(10-12-21)14-7-5-6-13(17)15(14)18/h5-7H,2-4,8-12H2,1H3,(H,19,22). The van der Waals surface area contributed by atoms with Gasteiger partial charge in [0.2, 0.25) is 0 Å². The van der Waals surface area contributed by atoms with Crippen LogP contribution in [0.3, 0.4) is 0 Å². The van der Waals surface area contributed by atoms with Crippen LogP contribution in [0.1, 0.15) is 26.2 Å². The van der Waals surface area contributed by atoms with Crippen LogP contribution in [0.4, 0.5) is 10.5 Å². The number of halogens is 2. The molecule has 0 radical (unpaired) electrons. The maximum absolute atomic E-state index is 12.1. The normalized spacial score (nSPS) is 15.0. The quantitative estimate of drug-likeness (QED) is 0.819. The van der Waals surface area contributed by atoms with E-state index in [-0.39, 0.29) is 6.03 Å². The topological polar surface area (TPSA) is 35.6 Å². The van der Waals surface area contributed by atoms with Gasteiger partial charge in [0.1, 0.15) is 0 Å². The summed E-state index contributed by atoms with van der Waals surface area (Å²) in [5.41, 5.74) is 0.942. The minimum atomic E-state index is 0.0351. The Balaban J connectivity index is 1.82. The van der Waals surface area contributed by atoms with Crippen molar-refractivity contribution in [1.82, 2.24) is 10.2 Å². The maximum Gasteiger partial charge on any atom is 0.317 e. The molecule has 0 saturated carbocycles. The number of nitrogens with zero attached hydrogens (tertiary/aromatic N) is 2. The Morgan fingerprint density at radius 1 is 1.18 bits per heavy atom. The van der Waals surface area contributed by atoms with Gasteiger partial charge in [-0.3, -0.25) is 0 Å². The third-order valence-electron chi connectivity index (χ3n) is 3.90. The first kappa shape index (κ1) is 17.2. The number of benzene rings is 1. The lowest BCUT2D eigenvalue weighted by molar-refractivity contribution is 0.194. The van der Waals surface area contributed by atoms with Gasteiger partial charge in [0.25, 0.3) is 0 Å². The molecule has 1 aliphatic rings. The summed E-state index contributed by atoms with van der Waals surface area (Å²) in [6, 6.07) is 5.69. The second-order valence-electron chi connectivity index (χ2n) is 5.49. The minimum Gasteiger partial charge on any atom is -0.367 e. The highest BCUT2D eigenvalue weighted by Gasteiger charge is 2.22. The van der Waals surface area contributed by atoms with Crippen molar-refractivity contribution in [3.05, 3.63) is 28.2 Å². The summed E-state index contributed by atoms with van der Waals surface area (Å²) in [5, 5.41) is 4.13. The molecule has 0 aromatic heterocycles. The van der Waals surface area contributed by atoms with Crippen molar-refractivity contribution in [1.29, 1.82) is 0 Å². The van der Waals surface area contributed by atoms with Crippen LogP contribution in [0.15, 0.2) is 18.2 Å². The van der Waals surface area contributed by atoms with Gasteiger partial charge in [-0.05, 0) is 18.6 Å². The molecule has 0 atom stereocenters. The SMILES string of the molecule is CCCCCNC(=O)N1CCN(c2cccc(Cl)c2Cl)CC1. The summed E-state index contributed by atoms with van der Waals surface area (Å²) >= 11 is 12.3. The highest BCUT2D eigenvalue weighted by molar-refractivity contribution is 6.43. The molecule has 1 saturated heterocycles. The van der Waals surface area contributed by atoms with Crippen LogP contribution < -0.4 is 10.2 Å². The zero-order chi connectivity index (χ0) is 15.9. The van der Waals surface area contributed by atoms with Crippen molar-refractivity contribution in [3.63, 3.8) is 0 Å². The number of urea groups is 1. The fourth-order valence-corrected chi connectivity index (χ4v) is 2.98. The van der Waals surface area contributed by atoms with E-state index in [1.165, 1.54) is 0 Å². The number of nitrogens with one attached hydrogen (secondary N) is 1. The zero-order valence-corrected chi connectivity index (χ0v) is 14.5. The Labute approximate surface area is 142 Å². The Morgan fingerprint density at radius 3 is 2.59 bits per heavy atom. The fraction of sp³-hybridized carbons (Fsp3) is 0.562. The van der Waals surface area contributed by atoms with Crippen molar-refractivity contribution in [2.45, 2.75) is 26.2 Å². The van der Waals surface area contributed by atoms with E-state index in [1.807, 2.05) is 17.0 Å². The van der Waals surface area contributed by atoms with E-state index in [4.69, 9.17) is 23.2 Å². The van der Waals surface area contributed by atoms with Gasteiger partial charge < -0.3 is 15.1 Å². The second-order valence-corrected chi connectivity index (χ2v) is 6.27. The average molecular weight is 344 g/mol. The third kappa shape index (κ3) is 4.43. The van der Waals surface area contributed by atoms with Crippen LogP contribution in [0, 0.1) is 0 Å². The van der Waals surface area contributed by atoms with E-state index in [0.29, 0.717) is 23.1 Å². The van der Waals surface area contributed by atoms with Gasteiger partial charge in [-0.1, -0.05) is 49.0 Å². The number of rotatable bonds is 5. The Bertz CT molecular complexity index is 502. The number of anilines is 1. The van der Waals surface area contributed by atoms with Crippen molar-refractivity contribution < 1.29 is 4.79 Å². The molecular weight excluding hydrogens is 321 g/mol. The second kappa shape index (κ2) is 8.49. The zero-order valence-electron chi connectivity index (χ0n) is 12.9. The van der Waals surface area contributed by atoms with Crippen molar-refractivity contribution >= 4 is 34.9 Å². The molecule has 122 valence electrons.